The second kappa shape index (κ2) is 13.8. The summed E-state index contributed by atoms with van der Waals surface area (Å²) in [6.07, 6.45) is 0.121. The first kappa shape index (κ1) is 27.6. The fourth-order valence-corrected chi connectivity index (χ4v) is 2.97. The molecule has 11 nitrogen and oxygen atoms in total. The van der Waals surface area contributed by atoms with Crippen molar-refractivity contribution in [2.45, 2.75) is 57.7 Å². The number of benzene rings is 1. The molecule has 0 fully saturated rings. The molecule has 0 aliphatic carbocycles. The highest BCUT2D eigenvalue weighted by atomic mass is 16.4. The van der Waals surface area contributed by atoms with Crippen LogP contribution in [0.15, 0.2) is 30.3 Å². The van der Waals surface area contributed by atoms with Crippen LogP contribution >= 0.6 is 0 Å². The predicted molar refractivity (Wildman–Crippen MR) is 119 cm³/mol. The zero-order valence-corrected chi connectivity index (χ0v) is 18.7. The molecular weight excluding hydrogens is 432 g/mol. The van der Waals surface area contributed by atoms with Crippen molar-refractivity contribution in [2.24, 2.45) is 11.7 Å². The third-order valence-electron chi connectivity index (χ3n) is 5.13. The van der Waals surface area contributed by atoms with E-state index in [1.165, 1.54) is 0 Å². The maximum absolute atomic E-state index is 12.7. The second-order valence-electron chi connectivity index (χ2n) is 7.78. The number of carbonyl (C=O) groups excluding carboxylic acids is 3. The minimum Gasteiger partial charge on any atom is -0.481 e. The van der Waals surface area contributed by atoms with Crippen molar-refractivity contribution in [3.8, 4) is 0 Å². The summed E-state index contributed by atoms with van der Waals surface area (Å²) < 4.78 is 0. The van der Waals surface area contributed by atoms with Crippen LogP contribution in [0.5, 0.6) is 0 Å². The maximum atomic E-state index is 12.7. The molecule has 0 radical (unpaired) electrons. The van der Waals surface area contributed by atoms with Gasteiger partial charge in [0.05, 0.1) is 12.6 Å². The summed E-state index contributed by atoms with van der Waals surface area (Å²) in [5.74, 6) is -4.76. The Balaban J connectivity index is 2.67. The van der Waals surface area contributed by atoms with Gasteiger partial charge in [0.2, 0.25) is 17.7 Å². The minimum absolute atomic E-state index is 0.261. The molecule has 182 valence electrons. The summed E-state index contributed by atoms with van der Waals surface area (Å²) in [5, 5.41) is 25.0. The summed E-state index contributed by atoms with van der Waals surface area (Å²) in [6.45, 7) is 3.07. The van der Waals surface area contributed by atoms with Gasteiger partial charge < -0.3 is 31.9 Å². The number of hydrogen-bond donors (Lipinski definition) is 6. The van der Waals surface area contributed by atoms with Crippen molar-refractivity contribution in [1.82, 2.24) is 16.0 Å². The third-order valence-corrected chi connectivity index (χ3v) is 5.13. The van der Waals surface area contributed by atoms with Gasteiger partial charge in [-0.2, -0.15) is 0 Å². The van der Waals surface area contributed by atoms with Crippen molar-refractivity contribution < 1.29 is 34.2 Å². The quantitative estimate of drug-likeness (QED) is 0.215. The molecule has 4 unspecified atom stereocenters. The minimum atomic E-state index is -1.40. The number of hydrogen-bond acceptors (Lipinski definition) is 6. The summed E-state index contributed by atoms with van der Waals surface area (Å²) in [7, 11) is 0. The van der Waals surface area contributed by atoms with Gasteiger partial charge in [-0.25, -0.2) is 4.79 Å². The molecule has 0 aliphatic rings. The summed E-state index contributed by atoms with van der Waals surface area (Å²) >= 11 is 0. The van der Waals surface area contributed by atoms with Crippen LogP contribution in [0.1, 0.15) is 38.7 Å². The van der Waals surface area contributed by atoms with Crippen LogP contribution in [-0.4, -0.2) is 64.5 Å². The van der Waals surface area contributed by atoms with E-state index in [0.717, 1.165) is 5.56 Å². The highest BCUT2D eigenvalue weighted by Gasteiger charge is 2.28. The van der Waals surface area contributed by atoms with E-state index in [4.69, 9.17) is 15.9 Å². The summed E-state index contributed by atoms with van der Waals surface area (Å²) in [4.78, 5) is 59.1. The Hall–Kier alpha value is -3.47. The van der Waals surface area contributed by atoms with Crippen molar-refractivity contribution >= 4 is 29.7 Å². The molecule has 11 heteroatoms. The molecule has 3 amide bonds. The average molecular weight is 465 g/mol. The molecule has 33 heavy (non-hydrogen) atoms. The molecular formula is C22H32N4O7. The topological polar surface area (TPSA) is 188 Å². The SMILES string of the molecule is CCC(C)C(NC(=O)C(N)Cc1ccccc1)C(=O)NCC(=O)NC(CCC(=O)O)C(=O)O. The zero-order chi connectivity index (χ0) is 25.0. The van der Waals surface area contributed by atoms with E-state index in [1.807, 2.05) is 37.3 Å². The van der Waals surface area contributed by atoms with E-state index in [1.54, 1.807) is 6.92 Å². The Labute approximate surface area is 192 Å². The highest BCUT2D eigenvalue weighted by molar-refractivity contribution is 5.92. The van der Waals surface area contributed by atoms with Crippen LogP contribution in [0.4, 0.5) is 0 Å². The number of carboxylic acids is 2. The van der Waals surface area contributed by atoms with Gasteiger partial charge in [-0.05, 0) is 24.3 Å². The number of nitrogens with two attached hydrogens (primary N) is 1. The Bertz CT molecular complexity index is 831. The normalized spacial score (nSPS) is 14.3. The molecule has 0 bridgehead atoms. The van der Waals surface area contributed by atoms with Gasteiger partial charge >= 0.3 is 11.9 Å². The first-order valence-corrected chi connectivity index (χ1v) is 10.7. The smallest absolute Gasteiger partial charge is 0.326 e. The van der Waals surface area contributed by atoms with Gasteiger partial charge in [-0.3, -0.25) is 19.2 Å². The second-order valence-corrected chi connectivity index (χ2v) is 7.78. The fraction of sp³-hybridized carbons (Fsp3) is 0.500. The van der Waals surface area contributed by atoms with Gasteiger partial charge in [0.25, 0.3) is 0 Å². The van der Waals surface area contributed by atoms with Crippen molar-refractivity contribution in [3.63, 3.8) is 0 Å². The predicted octanol–water partition coefficient (Wildman–Crippen LogP) is -0.362. The molecule has 7 N–H and O–H groups in total. The molecule has 0 aliphatic heterocycles. The standard InChI is InChI=1S/C22H32N4O7/c1-3-13(2)19(26-20(30)15(23)11-14-7-5-4-6-8-14)21(31)24-12-17(27)25-16(22(32)33)9-10-18(28)29/h4-8,13,15-16,19H,3,9-12,23H2,1-2H3,(H,24,31)(H,25,27)(H,26,30)(H,28,29)(H,32,33). The lowest BCUT2D eigenvalue weighted by Gasteiger charge is -2.25. The number of nitrogens with one attached hydrogen (secondary N) is 3. The lowest BCUT2D eigenvalue weighted by atomic mass is 9.97. The van der Waals surface area contributed by atoms with Crippen LogP contribution in [0.2, 0.25) is 0 Å². The van der Waals surface area contributed by atoms with Crippen LogP contribution < -0.4 is 21.7 Å². The third kappa shape index (κ3) is 10.1. The number of carboxylic acid groups (broad SMARTS) is 2. The molecule has 1 aromatic carbocycles. The molecule has 1 aromatic rings. The van der Waals surface area contributed by atoms with E-state index in [9.17, 15) is 24.0 Å². The number of aliphatic carboxylic acids is 2. The molecule has 0 spiro atoms. The fourth-order valence-electron chi connectivity index (χ4n) is 2.97. The Morgan fingerprint density at radius 3 is 2.18 bits per heavy atom. The highest BCUT2D eigenvalue weighted by Crippen LogP contribution is 2.09. The van der Waals surface area contributed by atoms with E-state index < -0.39 is 60.8 Å². The van der Waals surface area contributed by atoms with Crippen LogP contribution in [0, 0.1) is 5.92 Å². The lowest BCUT2D eigenvalue weighted by Crippen LogP contribution is -2.56. The molecule has 4 atom stereocenters. The Morgan fingerprint density at radius 2 is 1.64 bits per heavy atom. The van der Waals surface area contributed by atoms with Crippen molar-refractivity contribution in [1.29, 1.82) is 0 Å². The molecule has 0 aromatic heterocycles. The van der Waals surface area contributed by atoms with E-state index >= 15 is 0 Å². The number of amides is 3. The van der Waals surface area contributed by atoms with Crippen LogP contribution in [0.3, 0.4) is 0 Å². The van der Waals surface area contributed by atoms with Crippen LogP contribution in [-0.2, 0) is 30.4 Å². The van der Waals surface area contributed by atoms with Gasteiger partial charge in [0.1, 0.15) is 12.1 Å². The monoisotopic (exact) mass is 464 g/mol. The Morgan fingerprint density at radius 1 is 1.00 bits per heavy atom. The van der Waals surface area contributed by atoms with Gasteiger partial charge in [-0.15, -0.1) is 0 Å². The van der Waals surface area contributed by atoms with E-state index in [-0.39, 0.29) is 18.8 Å². The van der Waals surface area contributed by atoms with Crippen molar-refractivity contribution in [3.05, 3.63) is 35.9 Å². The molecule has 0 saturated heterocycles. The largest absolute Gasteiger partial charge is 0.481 e. The summed E-state index contributed by atoms with van der Waals surface area (Å²) in [5.41, 5.74) is 6.86. The number of carbonyl (C=O) groups is 5. The maximum Gasteiger partial charge on any atom is 0.326 e. The van der Waals surface area contributed by atoms with E-state index in [2.05, 4.69) is 16.0 Å². The molecule has 1 rings (SSSR count). The first-order valence-electron chi connectivity index (χ1n) is 10.7. The van der Waals surface area contributed by atoms with Gasteiger partial charge in [-0.1, -0.05) is 50.6 Å². The van der Waals surface area contributed by atoms with Gasteiger partial charge in [0, 0.05) is 6.42 Å². The molecule has 0 saturated carbocycles. The number of rotatable bonds is 14. The van der Waals surface area contributed by atoms with Crippen molar-refractivity contribution in [2.75, 3.05) is 6.54 Å². The zero-order valence-electron chi connectivity index (χ0n) is 18.7. The van der Waals surface area contributed by atoms with Gasteiger partial charge in [0.15, 0.2) is 0 Å². The van der Waals surface area contributed by atoms with E-state index in [0.29, 0.717) is 6.42 Å². The Kier molecular flexibility index (Phi) is 11.6. The first-order chi connectivity index (χ1) is 15.5. The molecule has 0 heterocycles. The van der Waals surface area contributed by atoms with Crippen LogP contribution in [0.25, 0.3) is 0 Å². The lowest BCUT2D eigenvalue weighted by molar-refractivity contribution is -0.143. The summed E-state index contributed by atoms with van der Waals surface area (Å²) in [6, 6.07) is 5.97. The average Bonchev–Trinajstić information content (AvgIpc) is 2.78.